The zero-order valence-corrected chi connectivity index (χ0v) is 14.1. The average Bonchev–Trinajstić information content (AvgIpc) is 3.32. The fourth-order valence-corrected chi connectivity index (χ4v) is 4.01. The third kappa shape index (κ3) is 4.08. The molecule has 3 amide bonds. The molecule has 0 unspecified atom stereocenters. The molecule has 3 rings (SSSR count). The molecule has 1 aromatic rings. The Morgan fingerprint density at radius 2 is 1.84 bits per heavy atom. The lowest BCUT2D eigenvalue weighted by Gasteiger charge is -2.17. The van der Waals surface area contributed by atoms with Gasteiger partial charge in [0.1, 0.15) is 0 Å². The van der Waals surface area contributed by atoms with Crippen molar-refractivity contribution in [2.45, 2.75) is 25.3 Å². The number of hydrogen-bond donors (Lipinski definition) is 3. The fourth-order valence-electron chi connectivity index (χ4n) is 2.45. The van der Waals surface area contributed by atoms with Crippen LogP contribution >= 0.6 is 0 Å². The van der Waals surface area contributed by atoms with Crippen LogP contribution in [0.3, 0.4) is 0 Å². The van der Waals surface area contributed by atoms with Crippen LogP contribution in [0.1, 0.15) is 29.6 Å². The molecule has 0 bridgehead atoms. The smallest absolute Gasteiger partial charge is 0.327 e. The number of hydrazine groups is 1. The largest absolute Gasteiger partial charge is 0.345 e. The molecule has 1 saturated carbocycles. The van der Waals surface area contributed by atoms with Gasteiger partial charge in [0.05, 0.1) is 11.4 Å². The lowest BCUT2D eigenvalue weighted by atomic mass is 10.2. The number of sulfonamides is 1. The van der Waals surface area contributed by atoms with Gasteiger partial charge in [0.2, 0.25) is 10.0 Å². The standard InChI is InChI=1S/C15H18N4O5S/c20-13(17-18-15(22)14(21)16-11-5-6-11)10-3-1-4-12(9-10)19-7-2-8-25(19,23)24/h1,3-4,9,11H,2,5-8H2,(H,16,21)(H,17,20)(H,18,22). The average molecular weight is 366 g/mol. The van der Waals surface area contributed by atoms with E-state index in [1.54, 1.807) is 12.1 Å². The quantitative estimate of drug-likeness (QED) is 0.480. The van der Waals surface area contributed by atoms with E-state index in [9.17, 15) is 22.8 Å². The van der Waals surface area contributed by atoms with Crippen molar-refractivity contribution in [2.24, 2.45) is 0 Å². The van der Waals surface area contributed by atoms with E-state index in [1.807, 2.05) is 5.43 Å². The minimum Gasteiger partial charge on any atom is -0.345 e. The molecule has 0 spiro atoms. The molecular formula is C15H18N4O5S. The maximum atomic E-state index is 12.1. The van der Waals surface area contributed by atoms with Crippen LogP contribution in [-0.4, -0.2) is 44.5 Å². The highest BCUT2D eigenvalue weighted by atomic mass is 32.2. The van der Waals surface area contributed by atoms with Gasteiger partial charge in [-0.25, -0.2) is 8.42 Å². The molecule has 25 heavy (non-hydrogen) atoms. The Hall–Kier alpha value is -2.62. The highest BCUT2D eigenvalue weighted by Gasteiger charge is 2.29. The summed E-state index contributed by atoms with van der Waals surface area (Å²) >= 11 is 0. The number of nitrogens with one attached hydrogen (secondary N) is 3. The van der Waals surface area contributed by atoms with Gasteiger partial charge in [0.15, 0.2) is 0 Å². The first-order valence-corrected chi connectivity index (χ1v) is 9.49. The van der Waals surface area contributed by atoms with E-state index >= 15 is 0 Å². The highest BCUT2D eigenvalue weighted by Crippen LogP contribution is 2.24. The normalized spacial score (nSPS) is 18.5. The van der Waals surface area contributed by atoms with Crippen molar-refractivity contribution < 1.29 is 22.8 Å². The number of carbonyl (C=O) groups excluding carboxylic acids is 3. The fraction of sp³-hybridized carbons (Fsp3) is 0.400. The zero-order chi connectivity index (χ0) is 18.0. The maximum Gasteiger partial charge on any atom is 0.327 e. The molecule has 0 radical (unpaired) electrons. The second kappa shape index (κ2) is 6.71. The third-order valence-electron chi connectivity index (χ3n) is 3.90. The molecule has 2 fully saturated rings. The predicted octanol–water partition coefficient (Wildman–Crippen LogP) is -0.734. The van der Waals surface area contributed by atoms with Gasteiger partial charge >= 0.3 is 11.8 Å². The Bertz CT molecular complexity index is 819. The lowest BCUT2D eigenvalue weighted by Crippen LogP contribution is -2.49. The summed E-state index contributed by atoms with van der Waals surface area (Å²) in [6, 6.07) is 6.10. The van der Waals surface area contributed by atoms with Crippen LogP contribution in [0.15, 0.2) is 24.3 Å². The SMILES string of the molecule is O=C(NNC(=O)c1cccc(N2CCCS2(=O)=O)c1)C(=O)NC1CC1. The van der Waals surface area contributed by atoms with E-state index in [-0.39, 0.29) is 17.4 Å². The molecule has 1 aliphatic carbocycles. The van der Waals surface area contributed by atoms with E-state index in [1.165, 1.54) is 16.4 Å². The van der Waals surface area contributed by atoms with Gasteiger partial charge in [-0.15, -0.1) is 0 Å². The van der Waals surface area contributed by atoms with Crippen LogP contribution in [0, 0.1) is 0 Å². The first kappa shape index (κ1) is 17.2. The summed E-state index contributed by atoms with van der Waals surface area (Å²) in [5, 5.41) is 2.50. The molecule has 1 aliphatic heterocycles. The van der Waals surface area contributed by atoms with Gasteiger partial charge < -0.3 is 5.32 Å². The Morgan fingerprint density at radius 3 is 2.48 bits per heavy atom. The number of carbonyl (C=O) groups is 3. The molecule has 1 aromatic carbocycles. The van der Waals surface area contributed by atoms with Crippen molar-refractivity contribution in [2.75, 3.05) is 16.6 Å². The minimum absolute atomic E-state index is 0.0352. The van der Waals surface area contributed by atoms with Gasteiger partial charge in [-0.3, -0.25) is 29.5 Å². The number of hydrogen-bond acceptors (Lipinski definition) is 5. The molecule has 134 valence electrons. The third-order valence-corrected chi connectivity index (χ3v) is 5.77. The van der Waals surface area contributed by atoms with Gasteiger partial charge in [0.25, 0.3) is 5.91 Å². The van der Waals surface area contributed by atoms with Crippen molar-refractivity contribution in [1.29, 1.82) is 0 Å². The Balaban J connectivity index is 1.61. The number of rotatable bonds is 3. The number of benzene rings is 1. The van der Waals surface area contributed by atoms with Crippen LogP contribution < -0.4 is 20.5 Å². The topological polar surface area (TPSA) is 125 Å². The Morgan fingerprint density at radius 1 is 1.08 bits per heavy atom. The Labute approximate surface area is 144 Å². The number of anilines is 1. The van der Waals surface area contributed by atoms with Gasteiger partial charge in [-0.05, 0) is 37.5 Å². The molecule has 1 heterocycles. The van der Waals surface area contributed by atoms with E-state index in [2.05, 4.69) is 10.7 Å². The molecule has 2 aliphatic rings. The van der Waals surface area contributed by atoms with Gasteiger partial charge in [0, 0.05) is 18.2 Å². The summed E-state index contributed by atoms with van der Waals surface area (Å²) in [5.41, 5.74) is 4.74. The van der Waals surface area contributed by atoms with Crippen molar-refractivity contribution in [3.05, 3.63) is 29.8 Å². The highest BCUT2D eigenvalue weighted by molar-refractivity contribution is 7.93. The van der Waals surface area contributed by atoms with Crippen LogP contribution in [-0.2, 0) is 19.6 Å². The van der Waals surface area contributed by atoms with Crippen LogP contribution in [0.5, 0.6) is 0 Å². The van der Waals surface area contributed by atoms with Crippen molar-refractivity contribution in [3.63, 3.8) is 0 Å². The molecule has 9 nitrogen and oxygen atoms in total. The second-order valence-electron chi connectivity index (χ2n) is 5.95. The van der Waals surface area contributed by atoms with Crippen LogP contribution in [0.25, 0.3) is 0 Å². The molecule has 0 atom stereocenters. The van der Waals surface area contributed by atoms with E-state index in [0.29, 0.717) is 18.7 Å². The first-order valence-electron chi connectivity index (χ1n) is 7.88. The lowest BCUT2D eigenvalue weighted by molar-refractivity contribution is -0.139. The van der Waals surface area contributed by atoms with Crippen molar-refractivity contribution in [3.8, 4) is 0 Å². The maximum absolute atomic E-state index is 12.1. The summed E-state index contributed by atoms with van der Waals surface area (Å²) in [6.45, 7) is 0.367. The number of nitrogens with zero attached hydrogens (tertiary/aromatic N) is 1. The first-order chi connectivity index (χ1) is 11.9. The van der Waals surface area contributed by atoms with E-state index in [0.717, 1.165) is 12.8 Å². The summed E-state index contributed by atoms with van der Waals surface area (Å²) < 4.78 is 25.2. The van der Waals surface area contributed by atoms with Gasteiger partial charge in [-0.1, -0.05) is 6.07 Å². The molecule has 3 N–H and O–H groups in total. The number of amides is 3. The van der Waals surface area contributed by atoms with Crippen molar-refractivity contribution >= 4 is 33.4 Å². The Kier molecular flexibility index (Phi) is 4.62. The van der Waals surface area contributed by atoms with Gasteiger partial charge in [-0.2, -0.15) is 0 Å². The summed E-state index contributed by atoms with van der Waals surface area (Å²) in [4.78, 5) is 35.2. The molecule has 0 aromatic heterocycles. The van der Waals surface area contributed by atoms with Crippen LogP contribution in [0.4, 0.5) is 5.69 Å². The van der Waals surface area contributed by atoms with E-state index < -0.39 is 27.7 Å². The predicted molar refractivity (Wildman–Crippen MR) is 89.0 cm³/mol. The van der Waals surface area contributed by atoms with Crippen LogP contribution in [0.2, 0.25) is 0 Å². The summed E-state index contributed by atoms with van der Waals surface area (Å²) in [5.74, 6) is -2.33. The molecule has 10 heteroatoms. The zero-order valence-electron chi connectivity index (χ0n) is 13.3. The molecular weight excluding hydrogens is 348 g/mol. The summed E-state index contributed by atoms with van der Waals surface area (Å²) in [7, 11) is -3.35. The van der Waals surface area contributed by atoms with E-state index in [4.69, 9.17) is 0 Å². The second-order valence-corrected chi connectivity index (χ2v) is 7.96. The monoisotopic (exact) mass is 366 g/mol. The summed E-state index contributed by atoms with van der Waals surface area (Å²) in [6.07, 6.45) is 2.22. The van der Waals surface area contributed by atoms with Crippen molar-refractivity contribution in [1.82, 2.24) is 16.2 Å². The molecule has 1 saturated heterocycles. The minimum atomic E-state index is -3.35.